The second-order valence-electron chi connectivity index (χ2n) is 6.19. The molecule has 0 bridgehead atoms. The second-order valence-corrected chi connectivity index (χ2v) is 6.19. The molecule has 2 heterocycles. The largest absolute Gasteiger partial charge is 0.396 e. The van der Waals surface area contributed by atoms with Gasteiger partial charge >= 0.3 is 0 Å². The molecule has 0 aromatic carbocycles. The van der Waals surface area contributed by atoms with Gasteiger partial charge in [-0.1, -0.05) is 6.92 Å². The fraction of sp³-hybridized carbons (Fsp3) is 0.706. The van der Waals surface area contributed by atoms with Crippen LogP contribution >= 0.6 is 0 Å². The van der Waals surface area contributed by atoms with Crippen molar-refractivity contribution in [2.45, 2.75) is 46.0 Å². The molecule has 1 fully saturated rings. The number of carbonyl (C=O) groups excluding carboxylic acids is 1. The lowest BCUT2D eigenvalue weighted by molar-refractivity contribution is -0.125. The van der Waals surface area contributed by atoms with E-state index in [0.717, 1.165) is 49.6 Å². The maximum Gasteiger partial charge on any atom is 0.224 e. The van der Waals surface area contributed by atoms with Gasteiger partial charge in [0.2, 0.25) is 5.91 Å². The van der Waals surface area contributed by atoms with Gasteiger partial charge in [0.05, 0.1) is 5.92 Å². The molecule has 0 spiro atoms. The number of aliphatic hydroxyl groups excluding tert-OH is 1. The highest BCUT2D eigenvalue weighted by molar-refractivity contribution is 5.79. The SMILES string of the molecule is CCCc1nc(C)cc(N2CCCC(C(=O)NCCCO)C2)n1. The fourth-order valence-electron chi connectivity index (χ4n) is 2.94. The maximum atomic E-state index is 12.2. The van der Waals surface area contributed by atoms with Gasteiger partial charge in [-0.15, -0.1) is 0 Å². The van der Waals surface area contributed by atoms with Crippen molar-refractivity contribution < 1.29 is 9.90 Å². The molecule has 2 N–H and O–H groups in total. The van der Waals surface area contributed by atoms with Crippen LogP contribution in [0.1, 0.15) is 44.1 Å². The van der Waals surface area contributed by atoms with E-state index in [0.29, 0.717) is 19.5 Å². The van der Waals surface area contributed by atoms with Crippen molar-refractivity contribution in [3.63, 3.8) is 0 Å². The van der Waals surface area contributed by atoms with Gasteiger partial charge in [0.15, 0.2) is 0 Å². The van der Waals surface area contributed by atoms with Gasteiger partial charge in [0, 0.05) is 44.4 Å². The van der Waals surface area contributed by atoms with Gasteiger partial charge < -0.3 is 15.3 Å². The zero-order valence-corrected chi connectivity index (χ0v) is 14.2. The van der Waals surface area contributed by atoms with E-state index in [1.54, 1.807) is 0 Å². The molecule has 1 amide bonds. The number of amides is 1. The Kier molecular flexibility index (Phi) is 6.77. The molecule has 1 unspecified atom stereocenters. The van der Waals surface area contributed by atoms with Crippen LogP contribution in [0.5, 0.6) is 0 Å². The van der Waals surface area contributed by atoms with Crippen LogP contribution in [0.4, 0.5) is 5.82 Å². The average molecular weight is 320 g/mol. The Bertz CT molecular complexity index is 521. The highest BCUT2D eigenvalue weighted by Crippen LogP contribution is 2.22. The topological polar surface area (TPSA) is 78.4 Å². The van der Waals surface area contributed by atoms with Crippen molar-refractivity contribution in [1.82, 2.24) is 15.3 Å². The summed E-state index contributed by atoms with van der Waals surface area (Å²) < 4.78 is 0. The molecule has 1 aromatic heterocycles. The van der Waals surface area contributed by atoms with Crippen LogP contribution in [-0.4, -0.2) is 47.2 Å². The first-order valence-electron chi connectivity index (χ1n) is 8.62. The molecule has 6 nitrogen and oxygen atoms in total. The number of nitrogens with one attached hydrogen (secondary N) is 1. The molecule has 2 rings (SSSR count). The van der Waals surface area contributed by atoms with Crippen LogP contribution in [0, 0.1) is 12.8 Å². The molecular weight excluding hydrogens is 292 g/mol. The highest BCUT2D eigenvalue weighted by Gasteiger charge is 2.26. The van der Waals surface area contributed by atoms with E-state index in [2.05, 4.69) is 27.1 Å². The molecule has 0 aliphatic carbocycles. The maximum absolute atomic E-state index is 12.2. The van der Waals surface area contributed by atoms with Gasteiger partial charge in [-0.25, -0.2) is 9.97 Å². The first kappa shape index (κ1) is 17.7. The summed E-state index contributed by atoms with van der Waals surface area (Å²) in [5.41, 5.74) is 0.980. The standard InChI is InChI=1S/C17H28N4O2/c1-3-6-15-19-13(2)11-16(20-15)21-9-4-7-14(12-21)17(23)18-8-5-10-22/h11,14,22H,3-10,12H2,1-2H3,(H,18,23). The molecular formula is C17H28N4O2. The summed E-state index contributed by atoms with van der Waals surface area (Å²) in [5, 5.41) is 11.7. The molecule has 1 atom stereocenters. The number of aliphatic hydroxyl groups is 1. The Hall–Kier alpha value is -1.69. The normalized spacial score (nSPS) is 18.0. The lowest BCUT2D eigenvalue weighted by Crippen LogP contribution is -2.43. The summed E-state index contributed by atoms with van der Waals surface area (Å²) in [5.74, 6) is 1.90. The zero-order chi connectivity index (χ0) is 16.7. The van der Waals surface area contributed by atoms with E-state index in [-0.39, 0.29) is 18.4 Å². The van der Waals surface area contributed by atoms with Gasteiger partial charge in [-0.05, 0) is 32.6 Å². The number of aryl methyl sites for hydroxylation is 2. The molecule has 1 saturated heterocycles. The Labute approximate surface area is 138 Å². The summed E-state index contributed by atoms with van der Waals surface area (Å²) in [6, 6.07) is 2.01. The molecule has 0 radical (unpaired) electrons. The van der Waals surface area contributed by atoms with Crippen molar-refractivity contribution in [2.24, 2.45) is 5.92 Å². The van der Waals surface area contributed by atoms with Crippen LogP contribution in [0.2, 0.25) is 0 Å². The minimum atomic E-state index is -0.00709. The number of nitrogens with zero attached hydrogens (tertiary/aromatic N) is 3. The molecule has 6 heteroatoms. The van der Waals surface area contributed by atoms with E-state index in [9.17, 15) is 4.79 Å². The monoisotopic (exact) mass is 320 g/mol. The van der Waals surface area contributed by atoms with Crippen molar-refractivity contribution >= 4 is 11.7 Å². The van der Waals surface area contributed by atoms with Gasteiger partial charge in [-0.3, -0.25) is 4.79 Å². The van der Waals surface area contributed by atoms with E-state index in [1.165, 1.54) is 0 Å². The van der Waals surface area contributed by atoms with Crippen LogP contribution < -0.4 is 10.2 Å². The van der Waals surface area contributed by atoms with Crippen LogP contribution in [0.25, 0.3) is 0 Å². The molecule has 0 saturated carbocycles. The molecule has 128 valence electrons. The first-order valence-corrected chi connectivity index (χ1v) is 8.62. The molecule has 1 aromatic rings. The van der Waals surface area contributed by atoms with Gasteiger partial charge in [0.1, 0.15) is 11.6 Å². The Morgan fingerprint density at radius 2 is 2.30 bits per heavy atom. The lowest BCUT2D eigenvalue weighted by Gasteiger charge is -2.33. The summed E-state index contributed by atoms with van der Waals surface area (Å²) >= 11 is 0. The van der Waals surface area contributed by atoms with E-state index in [1.807, 2.05) is 13.0 Å². The smallest absolute Gasteiger partial charge is 0.224 e. The summed E-state index contributed by atoms with van der Waals surface area (Å²) in [7, 11) is 0. The van der Waals surface area contributed by atoms with Crippen LogP contribution in [0.15, 0.2) is 6.07 Å². The Morgan fingerprint density at radius 3 is 3.04 bits per heavy atom. The number of rotatable bonds is 7. The second kappa shape index (κ2) is 8.82. The Morgan fingerprint density at radius 1 is 1.48 bits per heavy atom. The number of carbonyl (C=O) groups is 1. The predicted octanol–water partition coefficient (Wildman–Crippen LogP) is 1.45. The molecule has 23 heavy (non-hydrogen) atoms. The quantitative estimate of drug-likeness (QED) is 0.744. The van der Waals surface area contributed by atoms with E-state index in [4.69, 9.17) is 5.11 Å². The minimum absolute atomic E-state index is 0.00709. The third-order valence-corrected chi connectivity index (χ3v) is 4.11. The summed E-state index contributed by atoms with van der Waals surface area (Å²) in [6.45, 7) is 6.40. The minimum Gasteiger partial charge on any atom is -0.396 e. The number of hydrogen-bond donors (Lipinski definition) is 2. The molecule has 1 aliphatic heterocycles. The number of anilines is 1. The predicted molar refractivity (Wildman–Crippen MR) is 90.4 cm³/mol. The van der Waals surface area contributed by atoms with E-state index >= 15 is 0 Å². The third-order valence-electron chi connectivity index (χ3n) is 4.11. The average Bonchev–Trinajstić information content (AvgIpc) is 2.55. The highest BCUT2D eigenvalue weighted by atomic mass is 16.3. The van der Waals surface area contributed by atoms with Crippen molar-refractivity contribution in [3.05, 3.63) is 17.6 Å². The molecule has 1 aliphatic rings. The van der Waals surface area contributed by atoms with Gasteiger partial charge in [-0.2, -0.15) is 0 Å². The first-order chi connectivity index (χ1) is 11.1. The zero-order valence-electron chi connectivity index (χ0n) is 14.2. The van der Waals surface area contributed by atoms with E-state index < -0.39 is 0 Å². The van der Waals surface area contributed by atoms with Gasteiger partial charge in [0.25, 0.3) is 0 Å². The van der Waals surface area contributed by atoms with Crippen molar-refractivity contribution in [1.29, 1.82) is 0 Å². The van der Waals surface area contributed by atoms with Crippen LogP contribution in [0.3, 0.4) is 0 Å². The third kappa shape index (κ3) is 5.16. The summed E-state index contributed by atoms with van der Waals surface area (Å²) in [4.78, 5) is 23.6. The Balaban J connectivity index is 2.01. The summed E-state index contributed by atoms with van der Waals surface area (Å²) in [6.07, 6.45) is 4.41. The van der Waals surface area contributed by atoms with Crippen LogP contribution in [-0.2, 0) is 11.2 Å². The van der Waals surface area contributed by atoms with Crippen molar-refractivity contribution in [2.75, 3.05) is 31.1 Å². The lowest BCUT2D eigenvalue weighted by atomic mass is 9.97. The number of piperidine rings is 1. The fourth-order valence-corrected chi connectivity index (χ4v) is 2.94. The number of aromatic nitrogens is 2. The number of hydrogen-bond acceptors (Lipinski definition) is 5. The van der Waals surface area contributed by atoms with Crippen molar-refractivity contribution in [3.8, 4) is 0 Å².